The molecule has 0 N–H and O–H groups in total. The molecule has 0 radical (unpaired) electrons. The Balaban J connectivity index is 2.33. The third kappa shape index (κ3) is 3.69. The summed E-state index contributed by atoms with van der Waals surface area (Å²) in [5.74, 6) is 0.403. The number of hydrogen-bond donors (Lipinski definition) is 0. The topological polar surface area (TPSA) is 17.1 Å². The van der Waals surface area contributed by atoms with Crippen molar-refractivity contribution in [3.63, 3.8) is 0 Å². The van der Waals surface area contributed by atoms with Gasteiger partial charge in [0.05, 0.1) is 0 Å². The van der Waals surface area contributed by atoms with Crippen LogP contribution in [-0.4, -0.2) is 5.78 Å². The molecule has 0 heterocycles. The van der Waals surface area contributed by atoms with E-state index in [1.807, 2.05) is 54.6 Å². The molecule has 2 aromatic carbocycles. The van der Waals surface area contributed by atoms with Crippen LogP contribution in [0.5, 0.6) is 0 Å². The first-order valence-corrected chi connectivity index (χ1v) is 7.53. The maximum atomic E-state index is 12.9. The van der Waals surface area contributed by atoms with E-state index in [4.69, 9.17) is 0 Å². The van der Waals surface area contributed by atoms with E-state index in [-0.39, 0.29) is 17.6 Å². The quantitative estimate of drug-likeness (QED) is 0.499. The molecule has 1 heteroatoms. The van der Waals surface area contributed by atoms with Crippen LogP contribution in [0.4, 0.5) is 0 Å². The lowest BCUT2D eigenvalue weighted by molar-refractivity contribution is 0.0899. The highest BCUT2D eigenvalue weighted by atomic mass is 16.1. The lowest BCUT2D eigenvalue weighted by Gasteiger charge is -2.25. The SMILES string of the molecule is C=CCC(C(=O)c1ccccc1)C(CC)c1ccccc1. The van der Waals surface area contributed by atoms with Crippen LogP contribution >= 0.6 is 0 Å². The summed E-state index contributed by atoms with van der Waals surface area (Å²) in [6.07, 6.45) is 3.51. The molecule has 0 saturated heterocycles. The predicted octanol–water partition coefficient (Wildman–Crippen LogP) is 5.26. The minimum atomic E-state index is -0.0442. The van der Waals surface area contributed by atoms with E-state index < -0.39 is 0 Å². The van der Waals surface area contributed by atoms with Crippen molar-refractivity contribution in [3.05, 3.63) is 84.4 Å². The van der Waals surface area contributed by atoms with Gasteiger partial charge in [0.25, 0.3) is 0 Å². The number of benzene rings is 2. The summed E-state index contributed by atoms with van der Waals surface area (Å²) < 4.78 is 0. The van der Waals surface area contributed by atoms with E-state index in [0.29, 0.717) is 6.42 Å². The van der Waals surface area contributed by atoms with Gasteiger partial charge in [0.1, 0.15) is 0 Å². The molecular formula is C20H22O. The summed E-state index contributed by atoms with van der Waals surface area (Å²) in [6.45, 7) is 5.98. The van der Waals surface area contributed by atoms with Crippen LogP contribution in [0.25, 0.3) is 0 Å². The van der Waals surface area contributed by atoms with Crippen LogP contribution in [0.1, 0.15) is 41.6 Å². The monoisotopic (exact) mass is 278 g/mol. The molecule has 2 unspecified atom stereocenters. The zero-order valence-electron chi connectivity index (χ0n) is 12.5. The number of ketones is 1. The summed E-state index contributed by atoms with van der Waals surface area (Å²) in [7, 11) is 0. The Morgan fingerprint density at radius 2 is 1.62 bits per heavy atom. The van der Waals surface area contributed by atoms with Crippen molar-refractivity contribution in [1.29, 1.82) is 0 Å². The number of allylic oxidation sites excluding steroid dienone is 1. The van der Waals surface area contributed by atoms with Crippen molar-refractivity contribution in [2.45, 2.75) is 25.7 Å². The van der Waals surface area contributed by atoms with E-state index in [1.165, 1.54) is 5.56 Å². The van der Waals surface area contributed by atoms with Gasteiger partial charge in [-0.2, -0.15) is 0 Å². The van der Waals surface area contributed by atoms with Crippen LogP contribution in [0.3, 0.4) is 0 Å². The Kier molecular flexibility index (Phi) is 5.51. The van der Waals surface area contributed by atoms with Crippen LogP contribution in [-0.2, 0) is 0 Å². The van der Waals surface area contributed by atoms with Gasteiger partial charge in [0.15, 0.2) is 5.78 Å². The van der Waals surface area contributed by atoms with Crippen molar-refractivity contribution >= 4 is 5.78 Å². The standard InChI is InChI=1S/C20H22O/c1-3-11-19(20(21)17-14-9-6-10-15-17)18(4-2)16-12-7-5-8-13-16/h3,5-10,12-15,18-19H,1,4,11H2,2H3. The Morgan fingerprint density at radius 1 is 1.05 bits per heavy atom. The summed E-state index contributed by atoms with van der Waals surface area (Å²) in [5.41, 5.74) is 2.02. The van der Waals surface area contributed by atoms with Gasteiger partial charge in [-0.25, -0.2) is 0 Å². The molecule has 0 amide bonds. The van der Waals surface area contributed by atoms with Crippen LogP contribution in [0, 0.1) is 5.92 Å². The molecule has 2 aromatic rings. The fraction of sp³-hybridized carbons (Fsp3) is 0.250. The van der Waals surface area contributed by atoms with Crippen molar-refractivity contribution in [3.8, 4) is 0 Å². The van der Waals surface area contributed by atoms with Gasteiger partial charge in [-0.1, -0.05) is 73.7 Å². The molecule has 1 nitrogen and oxygen atoms in total. The number of rotatable bonds is 7. The summed E-state index contributed by atoms with van der Waals surface area (Å²) in [5, 5.41) is 0. The second-order valence-electron chi connectivity index (χ2n) is 5.29. The number of carbonyl (C=O) groups excluding carboxylic acids is 1. The fourth-order valence-electron chi connectivity index (χ4n) is 2.90. The van der Waals surface area contributed by atoms with Gasteiger partial charge < -0.3 is 0 Å². The molecule has 0 saturated carbocycles. The Morgan fingerprint density at radius 3 is 2.14 bits per heavy atom. The molecule has 21 heavy (non-hydrogen) atoms. The summed E-state index contributed by atoms with van der Waals surface area (Å²) in [6, 6.07) is 19.9. The van der Waals surface area contributed by atoms with E-state index in [2.05, 4.69) is 25.6 Å². The van der Waals surface area contributed by atoms with Gasteiger partial charge in [-0.3, -0.25) is 4.79 Å². The minimum absolute atomic E-state index is 0.0442. The first kappa shape index (κ1) is 15.2. The second kappa shape index (κ2) is 7.58. The van der Waals surface area contributed by atoms with Gasteiger partial charge in [0.2, 0.25) is 0 Å². The zero-order chi connectivity index (χ0) is 15.1. The molecule has 0 aromatic heterocycles. The summed E-state index contributed by atoms with van der Waals surface area (Å²) >= 11 is 0. The lowest BCUT2D eigenvalue weighted by atomic mass is 9.78. The third-order valence-corrected chi connectivity index (χ3v) is 3.97. The van der Waals surface area contributed by atoms with Gasteiger partial charge in [-0.05, 0) is 24.3 Å². The molecule has 2 rings (SSSR count). The average molecular weight is 278 g/mol. The van der Waals surface area contributed by atoms with Crippen molar-refractivity contribution in [1.82, 2.24) is 0 Å². The largest absolute Gasteiger partial charge is 0.294 e. The predicted molar refractivity (Wildman–Crippen MR) is 88.6 cm³/mol. The van der Waals surface area contributed by atoms with Gasteiger partial charge in [-0.15, -0.1) is 6.58 Å². The van der Waals surface area contributed by atoms with Crippen molar-refractivity contribution in [2.75, 3.05) is 0 Å². The number of carbonyl (C=O) groups is 1. The Hall–Kier alpha value is -2.15. The maximum absolute atomic E-state index is 12.9. The van der Waals surface area contributed by atoms with Gasteiger partial charge in [0, 0.05) is 11.5 Å². The van der Waals surface area contributed by atoms with Crippen LogP contribution < -0.4 is 0 Å². The first-order chi connectivity index (χ1) is 10.3. The lowest BCUT2D eigenvalue weighted by Crippen LogP contribution is -2.22. The average Bonchev–Trinajstić information content (AvgIpc) is 2.56. The smallest absolute Gasteiger partial charge is 0.166 e. The number of hydrogen-bond acceptors (Lipinski definition) is 1. The molecule has 0 aliphatic heterocycles. The van der Waals surface area contributed by atoms with Crippen LogP contribution in [0.2, 0.25) is 0 Å². The summed E-state index contributed by atoms with van der Waals surface area (Å²) in [4.78, 5) is 12.9. The van der Waals surface area contributed by atoms with E-state index >= 15 is 0 Å². The van der Waals surface area contributed by atoms with Crippen molar-refractivity contribution in [2.24, 2.45) is 5.92 Å². The molecule has 0 aliphatic carbocycles. The van der Waals surface area contributed by atoms with E-state index in [0.717, 1.165) is 12.0 Å². The van der Waals surface area contributed by atoms with E-state index in [9.17, 15) is 4.79 Å². The fourth-order valence-corrected chi connectivity index (χ4v) is 2.90. The van der Waals surface area contributed by atoms with Crippen molar-refractivity contribution < 1.29 is 4.79 Å². The molecule has 0 aliphatic rings. The highest BCUT2D eigenvalue weighted by molar-refractivity contribution is 5.98. The minimum Gasteiger partial charge on any atom is -0.294 e. The molecule has 0 spiro atoms. The molecule has 0 bridgehead atoms. The van der Waals surface area contributed by atoms with Gasteiger partial charge >= 0.3 is 0 Å². The normalized spacial score (nSPS) is 13.4. The highest BCUT2D eigenvalue weighted by Crippen LogP contribution is 2.33. The zero-order valence-corrected chi connectivity index (χ0v) is 12.5. The first-order valence-electron chi connectivity index (χ1n) is 7.53. The van der Waals surface area contributed by atoms with E-state index in [1.54, 1.807) is 0 Å². The molecule has 2 atom stereocenters. The van der Waals surface area contributed by atoms with Crippen LogP contribution in [0.15, 0.2) is 73.3 Å². The maximum Gasteiger partial charge on any atom is 0.166 e. The second-order valence-corrected chi connectivity index (χ2v) is 5.29. The molecule has 0 fully saturated rings. The Labute approximate surface area is 127 Å². The number of Topliss-reactive ketones (excluding diaryl/α,β-unsaturated/α-hetero) is 1. The Bertz CT molecular complexity index is 571. The molecule has 108 valence electrons. The third-order valence-electron chi connectivity index (χ3n) is 3.97. The highest BCUT2D eigenvalue weighted by Gasteiger charge is 2.27. The molecular weight excluding hydrogens is 256 g/mol.